The number of benzene rings is 8. The lowest BCUT2D eigenvalue weighted by Gasteiger charge is -2.22. The molecule has 0 aliphatic rings. The molecule has 3 aromatic heterocycles. The molecule has 72 heavy (non-hydrogen) atoms. The van der Waals surface area contributed by atoms with Crippen LogP contribution in [0.25, 0.3) is 83.4 Å². The molecular weight excluding hydrogens is 877 g/mol. The molecule has 11 rings (SSSR count). The maximum Gasteiger partial charge on any atom is 0.269 e. The van der Waals surface area contributed by atoms with E-state index in [0.717, 1.165) is 51.6 Å². The average Bonchev–Trinajstić information content (AvgIpc) is 2.44. The van der Waals surface area contributed by atoms with Gasteiger partial charge in [0.25, 0.3) is 6.33 Å². The summed E-state index contributed by atoms with van der Waals surface area (Å²) in [5, 5.41) is 2.16. The van der Waals surface area contributed by atoms with Crippen molar-refractivity contribution in [1.29, 1.82) is 0 Å². The Hall–Kier alpha value is -8.02. The van der Waals surface area contributed by atoms with Crippen molar-refractivity contribution < 1.29 is 23.0 Å². The molecule has 0 fully saturated rings. The van der Waals surface area contributed by atoms with Crippen LogP contribution >= 0.6 is 0 Å². The lowest BCUT2D eigenvalue weighted by atomic mass is 9.84. The van der Waals surface area contributed by atoms with Crippen LogP contribution in [0.3, 0.4) is 0 Å². The number of rotatable bonds is 11. The van der Waals surface area contributed by atoms with E-state index in [4.69, 9.17) is 23.4 Å². The van der Waals surface area contributed by atoms with Gasteiger partial charge in [0.15, 0.2) is 0 Å². The van der Waals surface area contributed by atoms with Crippen molar-refractivity contribution in [2.45, 2.75) is 85.0 Å². The Bertz CT molecular complexity index is 4230. The van der Waals surface area contributed by atoms with Crippen molar-refractivity contribution in [3.05, 3.63) is 223 Å². The number of fused-ring (bicyclic) bond motifs is 4. The number of ether oxygens (including phenoxy) is 1. The number of para-hydroxylation sites is 3. The highest BCUT2D eigenvalue weighted by Crippen LogP contribution is 2.41. The molecule has 0 N–H and O–H groups in total. The molecule has 5 nitrogen and oxygen atoms in total. The van der Waals surface area contributed by atoms with Crippen LogP contribution in [0.1, 0.15) is 105 Å². The third kappa shape index (κ3) is 8.57. The van der Waals surface area contributed by atoms with Crippen LogP contribution in [0, 0.1) is 6.33 Å². The van der Waals surface area contributed by atoms with E-state index in [-0.39, 0.29) is 38.8 Å². The second-order valence-electron chi connectivity index (χ2n) is 20.5. The van der Waals surface area contributed by atoms with Crippen LogP contribution in [0.4, 0.5) is 0 Å². The quantitative estimate of drug-likeness (QED) is 0.0957. The first kappa shape index (κ1) is 36.0. The van der Waals surface area contributed by atoms with E-state index in [1.165, 1.54) is 16.7 Å². The highest BCUT2D eigenvalue weighted by atomic mass is 16.5. The first-order valence-corrected chi connectivity index (χ1v) is 24.7. The van der Waals surface area contributed by atoms with E-state index in [1.54, 1.807) is 22.8 Å². The zero-order valence-electron chi connectivity index (χ0n) is 52.0. The van der Waals surface area contributed by atoms with Crippen LogP contribution in [0.2, 0.25) is 0 Å². The van der Waals surface area contributed by atoms with Gasteiger partial charge < -0.3 is 4.74 Å². The molecule has 3 heterocycles. The summed E-state index contributed by atoms with van der Waals surface area (Å²) in [5.41, 5.74) is 10.00. The fourth-order valence-electron chi connectivity index (χ4n) is 10.0. The Morgan fingerprint density at radius 3 is 1.88 bits per heavy atom. The van der Waals surface area contributed by atoms with E-state index >= 15 is 0 Å². The van der Waals surface area contributed by atoms with Gasteiger partial charge in [0.1, 0.15) is 17.3 Å². The van der Waals surface area contributed by atoms with Gasteiger partial charge in [0, 0.05) is 28.6 Å². The Kier molecular flexibility index (Phi) is 9.31. The zero-order chi connectivity index (χ0) is 58.4. The topological polar surface area (TPSA) is 35.9 Å². The summed E-state index contributed by atoms with van der Waals surface area (Å²) in [6.45, 7) is 17.9. The molecule has 5 heteroatoms. The Morgan fingerprint density at radius 1 is 0.569 bits per heavy atom. The van der Waals surface area contributed by atoms with Crippen molar-refractivity contribution in [2.75, 3.05) is 0 Å². The third-order valence-corrected chi connectivity index (χ3v) is 13.9. The van der Waals surface area contributed by atoms with Crippen molar-refractivity contribution in [1.82, 2.24) is 14.1 Å². The van der Waals surface area contributed by atoms with Crippen LogP contribution in [0.5, 0.6) is 11.5 Å². The molecule has 11 aromatic rings. The molecule has 0 spiro atoms. The number of hydrogen-bond donors (Lipinski definition) is 0. The number of aromatic nitrogens is 4. The molecule has 0 atom stereocenters. The monoisotopic (exact) mass is 949 g/mol. The lowest BCUT2D eigenvalue weighted by Crippen LogP contribution is -2.31. The Balaban J connectivity index is 1.06. The van der Waals surface area contributed by atoms with E-state index in [0.29, 0.717) is 34.1 Å². The maximum absolute atomic E-state index is 9.09. The van der Waals surface area contributed by atoms with Gasteiger partial charge in [0.05, 0.1) is 47.1 Å². The van der Waals surface area contributed by atoms with Gasteiger partial charge in [-0.1, -0.05) is 195 Å². The van der Waals surface area contributed by atoms with Crippen molar-refractivity contribution in [3.8, 4) is 62.1 Å². The lowest BCUT2D eigenvalue weighted by molar-refractivity contribution is -0.571. The maximum atomic E-state index is 9.09. The third-order valence-electron chi connectivity index (χ3n) is 13.9. The van der Waals surface area contributed by atoms with E-state index in [1.807, 2.05) is 65.4 Å². The standard InChI is InChI=1S/C67H62N4O/c1-9-45(10-2)57-42-64(68-43-59(57)48-31-33-49(34-32-48)66(3,4)5)71-60-38-35-50(67(6,7)8)39-58(60)56-37-36-53(41-63(56)71)72-52-26-19-25-51(40-52)69-44-70(62-30-18-17-29-61(62)69)65-54(46-21-13-11-14-22-46)27-20-28-55(65)47-23-15-12-16-24-47/h11-43,45H,9-10H2,1-8H3/i11D,12D,13D,14D,15D,16D,21D,22D,23D,24D. The minimum atomic E-state index is -0.566. The van der Waals surface area contributed by atoms with Crippen molar-refractivity contribution >= 4 is 32.8 Å². The minimum absolute atomic E-state index is 0.0292. The van der Waals surface area contributed by atoms with Gasteiger partial charge in [-0.2, -0.15) is 0 Å². The zero-order valence-corrected chi connectivity index (χ0v) is 42.0. The molecule has 0 unspecified atom stereocenters. The Morgan fingerprint density at radius 2 is 1.21 bits per heavy atom. The number of pyridine rings is 1. The number of imidazole rings is 1. The second-order valence-corrected chi connectivity index (χ2v) is 20.5. The van der Waals surface area contributed by atoms with Gasteiger partial charge >= 0.3 is 0 Å². The summed E-state index contributed by atoms with van der Waals surface area (Å²) in [5.74, 6) is 2.22. The highest BCUT2D eigenvalue weighted by molar-refractivity contribution is 6.10. The van der Waals surface area contributed by atoms with Crippen LogP contribution in [-0.2, 0) is 10.8 Å². The van der Waals surface area contributed by atoms with Gasteiger partial charge in [-0.05, 0) is 123 Å². The SMILES string of the molecule is [2H]c1c([2H])c([2H])c(-c2cccc(-c3c([2H])c([2H])c([2H])c([2H])c3[2H])c2-[n+]2[c-]n(-c3cccc(Oc4ccc5c6cc(C(C)(C)C)ccc6n(-c6cc(C(CC)CC)c(-c7ccc(C(C)(C)C)cc7)cn6)c5c4)c3)c3ccccc32)c([2H])c1[2H]. The molecule has 0 radical (unpaired) electrons. The normalized spacial score (nSPS) is 14.1. The predicted molar refractivity (Wildman–Crippen MR) is 299 cm³/mol. The largest absolute Gasteiger partial charge is 0.458 e. The van der Waals surface area contributed by atoms with Crippen LogP contribution in [-0.4, -0.2) is 14.1 Å². The molecule has 0 saturated heterocycles. The average molecular weight is 949 g/mol. The van der Waals surface area contributed by atoms with Crippen molar-refractivity contribution in [3.63, 3.8) is 0 Å². The van der Waals surface area contributed by atoms with Gasteiger partial charge in [-0.15, -0.1) is 0 Å². The van der Waals surface area contributed by atoms with Crippen LogP contribution in [0.15, 0.2) is 200 Å². The van der Waals surface area contributed by atoms with E-state index in [2.05, 4.69) is 127 Å². The van der Waals surface area contributed by atoms with Crippen molar-refractivity contribution in [2.24, 2.45) is 0 Å². The summed E-state index contributed by atoms with van der Waals surface area (Å²) in [6, 6.07) is 38.6. The fourth-order valence-corrected chi connectivity index (χ4v) is 10.0. The van der Waals surface area contributed by atoms with E-state index in [9.17, 15) is 0 Å². The van der Waals surface area contributed by atoms with Gasteiger partial charge in [-0.3, -0.25) is 13.7 Å². The molecule has 0 amide bonds. The highest BCUT2D eigenvalue weighted by Gasteiger charge is 2.24. The number of nitrogens with zero attached hydrogens (tertiary/aromatic N) is 4. The van der Waals surface area contributed by atoms with E-state index < -0.39 is 60.4 Å². The summed E-state index contributed by atoms with van der Waals surface area (Å²) in [7, 11) is 0. The molecule has 8 aromatic carbocycles. The fraction of sp³-hybridized carbons (Fsp3) is 0.194. The second kappa shape index (κ2) is 18.6. The summed E-state index contributed by atoms with van der Waals surface area (Å²) in [6.07, 6.45) is 7.47. The summed E-state index contributed by atoms with van der Waals surface area (Å²) in [4.78, 5) is 5.27. The minimum Gasteiger partial charge on any atom is -0.458 e. The summed E-state index contributed by atoms with van der Waals surface area (Å²) >= 11 is 0. The predicted octanol–water partition coefficient (Wildman–Crippen LogP) is 17.5. The molecule has 356 valence electrons. The smallest absolute Gasteiger partial charge is 0.269 e. The first-order chi connectivity index (χ1) is 39.0. The molecule has 0 saturated carbocycles. The molecular formula is C67H62N4O. The number of hydrogen-bond acceptors (Lipinski definition) is 2. The summed E-state index contributed by atoms with van der Waals surface area (Å²) < 4.78 is 100. The van der Waals surface area contributed by atoms with Gasteiger partial charge in [0.2, 0.25) is 0 Å². The first-order valence-electron chi connectivity index (χ1n) is 29.7. The van der Waals surface area contributed by atoms with Crippen LogP contribution < -0.4 is 9.30 Å². The Labute approximate surface area is 438 Å². The molecule has 0 aliphatic heterocycles. The van der Waals surface area contributed by atoms with Gasteiger partial charge in [-0.25, -0.2) is 4.98 Å². The molecule has 0 aliphatic carbocycles. The molecule has 0 bridgehead atoms.